The number of aliphatic hydroxyl groups excluding tert-OH is 8. The monoisotopic (exact) mass is 1140 g/mol. The topological polar surface area (TPSA) is 228 Å². The lowest BCUT2D eigenvalue weighted by atomic mass is 9.97. The number of rotatable bonds is 53. The van der Waals surface area contributed by atoms with E-state index in [1.54, 1.807) is 6.08 Å². The summed E-state index contributed by atoms with van der Waals surface area (Å²) in [7, 11) is 0. The first kappa shape index (κ1) is 74.1. The number of carbonyl (C=O) groups is 1. The largest absolute Gasteiger partial charge is 0.394 e. The number of aliphatic hydroxyl groups is 8. The maximum absolute atomic E-state index is 13.2. The smallest absolute Gasteiger partial charge is 0.220 e. The van der Waals surface area contributed by atoms with Gasteiger partial charge in [-0.05, 0) is 64.7 Å². The van der Waals surface area contributed by atoms with Crippen LogP contribution in [0.5, 0.6) is 0 Å². The van der Waals surface area contributed by atoms with Crippen molar-refractivity contribution in [3.05, 3.63) is 48.6 Å². The SMILES string of the molecule is C/C=C/CC/C=C/CC/C=C/C(O)C(COC1OC(CO)C(OC2OC(CO)C(O)C(O)C2O)C(O)C1O)NC(=O)CCCCCCCCCCCCCCCCCCCCCCCCCCC/C=C\CCCCCCCCCC. The van der Waals surface area contributed by atoms with Crippen LogP contribution in [0.1, 0.15) is 271 Å². The van der Waals surface area contributed by atoms with Gasteiger partial charge in [-0.15, -0.1) is 0 Å². The average Bonchev–Trinajstić information content (AvgIpc) is 3.49. The molecule has 2 saturated heterocycles. The Morgan fingerprint density at radius 2 is 0.850 bits per heavy atom. The van der Waals surface area contributed by atoms with Gasteiger partial charge in [0.05, 0.1) is 32.0 Å². The van der Waals surface area contributed by atoms with Crippen molar-refractivity contribution in [1.82, 2.24) is 5.32 Å². The van der Waals surface area contributed by atoms with Gasteiger partial charge in [0.25, 0.3) is 0 Å². The number of nitrogens with one attached hydrogen (secondary N) is 1. The number of hydrogen-bond acceptors (Lipinski definition) is 13. The van der Waals surface area contributed by atoms with E-state index in [1.165, 1.54) is 199 Å². The van der Waals surface area contributed by atoms with E-state index in [0.717, 1.165) is 38.5 Å². The van der Waals surface area contributed by atoms with E-state index >= 15 is 0 Å². The third-order valence-electron chi connectivity index (χ3n) is 16.1. The van der Waals surface area contributed by atoms with Crippen LogP contribution in [0.2, 0.25) is 0 Å². The summed E-state index contributed by atoms with van der Waals surface area (Å²) in [5.74, 6) is -0.253. The van der Waals surface area contributed by atoms with Gasteiger partial charge in [0, 0.05) is 6.42 Å². The molecule has 0 aromatic heterocycles. The summed E-state index contributed by atoms with van der Waals surface area (Å²) in [6.07, 6.45) is 49.6. The molecule has 12 atom stereocenters. The van der Waals surface area contributed by atoms with Crippen LogP contribution in [0.3, 0.4) is 0 Å². The highest BCUT2D eigenvalue weighted by Crippen LogP contribution is 2.30. The molecule has 0 aliphatic carbocycles. The molecular formula is C66H121NO13. The summed E-state index contributed by atoms with van der Waals surface area (Å²) in [6.45, 7) is 2.54. The van der Waals surface area contributed by atoms with Gasteiger partial charge in [0.2, 0.25) is 5.91 Å². The molecule has 14 nitrogen and oxygen atoms in total. The van der Waals surface area contributed by atoms with E-state index in [2.05, 4.69) is 42.6 Å². The third kappa shape index (κ3) is 35.9. The van der Waals surface area contributed by atoms with Crippen LogP contribution < -0.4 is 5.32 Å². The van der Waals surface area contributed by atoms with Crippen molar-refractivity contribution < 1.29 is 64.6 Å². The van der Waals surface area contributed by atoms with E-state index in [-0.39, 0.29) is 18.9 Å². The Labute approximate surface area is 486 Å². The fourth-order valence-electron chi connectivity index (χ4n) is 10.8. The van der Waals surface area contributed by atoms with Gasteiger partial charge in [0.15, 0.2) is 12.6 Å². The molecule has 14 heteroatoms. The van der Waals surface area contributed by atoms with Crippen LogP contribution in [0.15, 0.2) is 48.6 Å². The first-order valence-corrected chi connectivity index (χ1v) is 32.8. The Hall–Kier alpha value is -2.05. The van der Waals surface area contributed by atoms with Gasteiger partial charge >= 0.3 is 0 Å². The average molecular weight is 1140 g/mol. The van der Waals surface area contributed by atoms with Crippen LogP contribution in [0, 0.1) is 0 Å². The standard InChI is InChI=1S/C66H121NO13/c1-3-5-7-9-11-13-14-15-16-17-18-19-20-21-22-23-24-25-26-27-28-29-30-31-32-33-34-35-36-37-38-39-40-42-44-46-48-50-58(71)67-54(55(70)49-47-45-43-41-12-10-8-6-4-2)53-77-65-63(76)61(74)64(57(52-69)79-65)80-66-62(75)60(73)59(72)56(51-68)78-66/h4,6,12,17-18,41,47,49,54-57,59-66,68-70,72-76H,3,5,7-11,13-16,19-40,42-46,48,50-53H2,1-2H3,(H,67,71)/b6-4+,18-17-,41-12+,49-47+. The zero-order chi connectivity index (χ0) is 58.1. The fraction of sp³-hybridized carbons (Fsp3) is 0.864. The lowest BCUT2D eigenvalue weighted by molar-refractivity contribution is -0.359. The van der Waals surface area contributed by atoms with E-state index in [4.69, 9.17) is 18.9 Å². The molecule has 2 rings (SSSR count). The van der Waals surface area contributed by atoms with Crippen LogP contribution in [-0.4, -0.2) is 140 Å². The second-order valence-electron chi connectivity index (χ2n) is 23.2. The Balaban J connectivity index is 1.53. The molecule has 2 aliphatic heterocycles. The van der Waals surface area contributed by atoms with Gasteiger partial charge < -0.3 is 65.1 Å². The van der Waals surface area contributed by atoms with Crippen LogP contribution in [-0.2, 0) is 23.7 Å². The number of allylic oxidation sites excluding steroid dienone is 7. The molecule has 1 amide bonds. The summed E-state index contributed by atoms with van der Waals surface area (Å²) >= 11 is 0. The quantitative estimate of drug-likeness (QED) is 0.0204. The molecular weight excluding hydrogens is 1010 g/mol. The molecule has 0 radical (unpaired) electrons. The van der Waals surface area contributed by atoms with Crippen LogP contribution in [0.25, 0.3) is 0 Å². The molecule has 12 unspecified atom stereocenters. The fourth-order valence-corrected chi connectivity index (χ4v) is 10.8. The van der Waals surface area contributed by atoms with E-state index in [1.807, 2.05) is 19.1 Å². The van der Waals surface area contributed by atoms with Crippen LogP contribution in [0.4, 0.5) is 0 Å². The minimum absolute atomic E-state index is 0.253. The van der Waals surface area contributed by atoms with Crippen molar-refractivity contribution in [2.75, 3.05) is 19.8 Å². The molecule has 0 aromatic carbocycles. The molecule has 0 spiro atoms. The summed E-state index contributed by atoms with van der Waals surface area (Å²) in [4.78, 5) is 13.2. The van der Waals surface area contributed by atoms with Gasteiger partial charge in [-0.2, -0.15) is 0 Å². The third-order valence-corrected chi connectivity index (χ3v) is 16.1. The number of carbonyl (C=O) groups excluding carboxylic acids is 1. The zero-order valence-corrected chi connectivity index (χ0v) is 50.6. The molecule has 0 bridgehead atoms. The second-order valence-corrected chi connectivity index (χ2v) is 23.2. The predicted molar refractivity (Wildman–Crippen MR) is 323 cm³/mol. The molecule has 0 saturated carbocycles. The predicted octanol–water partition coefficient (Wildman–Crippen LogP) is 12.3. The van der Waals surface area contributed by atoms with Crippen LogP contribution >= 0.6 is 0 Å². The van der Waals surface area contributed by atoms with Crippen molar-refractivity contribution in [2.45, 2.75) is 344 Å². The zero-order valence-electron chi connectivity index (χ0n) is 50.6. The number of ether oxygens (including phenoxy) is 4. The molecule has 2 heterocycles. The number of unbranched alkanes of at least 4 members (excludes halogenated alkanes) is 35. The van der Waals surface area contributed by atoms with Gasteiger partial charge in [0.1, 0.15) is 48.8 Å². The maximum atomic E-state index is 13.2. The normalized spacial score (nSPS) is 24.5. The highest BCUT2D eigenvalue weighted by atomic mass is 16.7. The molecule has 2 aliphatic rings. The molecule has 0 aromatic rings. The molecule has 80 heavy (non-hydrogen) atoms. The van der Waals surface area contributed by atoms with Gasteiger partial charge in [-0.3, -0.25) is 4.79 Å². The van der Waals surface area contributed by atoms with Gasteiger partial charge in [-0.25, -0.2) is 0 Å². The Morgan fingerprint density at radius 3 is 1.30 bits per heavy atom. The summed E-state index contributed by atoms with van der Waals surface area (Å²) in [5.41, 5.74) is 0. The number of hydrogen-bond donors (Lipinski definition) is 9. The highest BCUT2D eigenvalue weighted by Gasteiger charge is 2.51. The van der Waals surface area contributed by atoms with Crippen molar-refractivity contribution in [3.63, 3.8) is 0 Å². The lowest BCUT2D eigenvalue weighted by Gasteiger charge is -2.46. The van der Waals surface area contributed by atoms with E-state index in [9.17, 15) is 45.6 Å². The van der Waals surface area contributed by atoms with Crippen molar-refractivity contribution >= 4 is 5.91 Å². The van der Waals surface area contributed by atoms with Crippen molar-refractivity contribution in [3.8, 4) is 0 Å². The first-order valence-electron chi connectivity index (χ1n) is 32.8. The minimum Gasteiger partial charge on any atom is -0.394 e. The molecule has 468 valence electrons. The van der Waals surface area contributed by atoms with Crippen molar-refractivity contribution in [2.24, 2.45) is 0 Å². The van der Waals surface area contributed by atoms with Crippen molar-refractivity contribution in [1.29, 1.82) is 0 Å². The highest BCUT2D eigenvalue weighted by molar-refractivity contribution is 5.76. The minimum atomic E-state index is -1.79. The summed E-state index contributed by atoms with van der Waals surface area (Å²) in [6, 6.07) is -0.935. The molecule has 9 N–H and O–H groups in total. The second kappa shape index (κ2) is 51.4. The van der Waals surface area contributed by atoms with Gasteiger partial charge in [-0.1, -0.05) is 248 Å². The lowest BCUT2D eigenvalue weighted by Crippen LogP contribution is -2.65. The Kier molecular flexibility index (Phi) is 47.6. The Bertz CT molecular complexity index is 1530. The molecule has 2 fully saturated rings. The summed E-state index contributed by atoms with van der Waals surface area (Å²) < 4.78 is 22.7. The summed E-state index contributed by atoms with van der Waals surface area (Å²) in [5, 5.41) is 86.8. The Morgan fingerprint density at radius 1 is 0.463 bits per heavy atom. The number of amides is 1. The maximum Gasteiger partial charge on any atom is 0.220 e. The van der Waals surface area contributed by atoms with E-state index in [0.29, 0.717) is 12.8 Å². The first-order chi connectivity index (χ1) is 39.1. The van der Waals surface area contributed by atoms with E-state index < -0.39 is 86.8 Å².